The van der Waals surface area contributed by atoms with Gasteiger partial charge in [-0.05, 0) is 24.3 Å². The molecule has 0 unspecified atom stereocenters. The van der Waals surface area contributed by atoms with E-state index in [2.05, 4.69) is 5.32 Å². The van der Waals surface area contributed by atoms with Gasteiger partial charge in [0, 0.05) is 5.69 Å². The zero-order chi connectivity index (χ0) is 12.0. The highest BCUT2D eigenvalue weighted by Crippen LogP contribution is 2.37. The van der Waals surface area contributed by atoms with E-state index >= 15 is 0 Å². The van der Waals surface area contributed by atoms with Gasteiger partial charge in [-0.15, -0.1) is 0 Å². The topological polar surface area (TPSA) is 17.0 Å². The van der Waals surface area contributed by atoms with Gasteiger partial charge in [0.2, 0.25) is 0 Å². The summed E-state index contributed by atoms with van der Waals surface area (Å²) >= 11 is 0. The Hall–Kier alpha value is -1.91. The molecular weight excluding hydrogens is 229 g/mol. The quantitative estimate of drug-likeness (QED) is 0.744. The van der Waals surface area contributed by atoms with Gasteiger partial charge in [-0.3, -0.25) is 0 Å². The second-order valence-electron chi connectivity index (χ2n) is 3.91. The number of anilines is 1. The average Bonchev–Trinajstić information content (AvgIpc) is 2.72. The van der Waals surface area contributed by atoms with E-state index in [1.165, 1.54) is 10.6 Å². The lowest BCUT2D eigenvalue weighted by atomic mass is 10.2. The summed E-state index contributed by atoms with van der Waals surface area (Å²) in [5, 5.41) is 3.10. The number of hydrogen-bond acceptors (Lipinski definition) is 1. The molecule has 1 aliphatic heterocycles. The average molecular weight is 238 g/mol. The maximum atomic E-state index is 12.9. The van der Waals surface area contributed by atoms with Gasteiger partial charge in [0.25, 0.3) is 0 Å². The molecule has 0 amide bonds. The van der Waals surface area contributed by atoms with E-state index in [-0.39, 0.29) is 0 Å². The molecule has 0 saturated carbocycles. The minimum Gasteiger partial charge on any atom is -0.378 e. The van der Waals surface area contributed by atoms with Crippen LogP contribution in [0.2, 0.25) is 0 Å². The minimum atomic E-state index is -4.33. The van der Waals surface area contributed by atoms with Crippen molar-refractivity contribution < 1.29 is 13.2 Å². The zero-order valence-corrected chi connectivity index (χ0v) is 8.75. The first-order valence-electron chi connectivity index (χ1n) is 5.18. The van der Waals surface area contributed by atoms with E-state index in [4.69, 9.17) is 0 Å². The molecule has 0 atom stereocenters. The van der Waals surface area contributed by atoms with Crippen molar-refractivity contribution in [3.8, 4) is 5.69 Å². The first-order valence-corrected chi connectivity index (χ1v) is 5.18. The lowest BCUT2D eigenvalue weighted by Crippen LogP contribution is -2.20. The van der Waals surface area contributed by atoms with Crippen molar-refractivity contribution >= 4 is 5.69 Å². The SMILES string of the molecule is FC(F)(F)c1ccc2n1-c1ccccc1NC2. The van der Waals surface area contributed by atoms with Crippen LogP contribution in [0.5, 0.6) is 0 Å². The van der Waals surface area contributed by atoms with Crippen LogP contribution in [0, 0.1) is 0 Å². The number of halogens is 3. The summed E-state index contributed by atoms with van der Waals surface area (Å²) in [6.45, 7) is 0.410. The molecule has 3 rings (SSSR count). The van der Waals surface area contributed by atoms with Crippen LogP contribution in [-0.4, -0.2) is 4.57 Å². The van der Waals surface area contributed by atoms with Gasteiger partial charge >= 0.3 is 6.18 Å². The zero-order valence-electron chi connectivity index (χ0n) is 8.75. The maximum absolute atomic E-state index is 12.9. The molecule has 0 fully saturated rings. The Morgan fingerprint density at radius 1 is 1.06 bits per heavy atom. The molecule has 5 heteroatoms. The molecule has 2 heterocycles. The van der Waals surface area contributed by atoms with Crippen LogP contribution in [0.25, 0.3) is 5.69 Å². The number of hydrogen-bond donors (Lipinski definition) is 1. The van der Waals surface area contributed by atoms with Gasteiger partial charge in [0.15, 0.2) is 0 Å². The van der Waals surface area contributed by atoms with Crippen LogP contribution in [0.4, 0.5) is 18.9 Å². The maximum Gasteiger partial charge on any atom is 0.431 e. The number of alkyl halides is 3. The fourth-order valence-corrected chi connectivity index (χ4v) is 2.13. The summed E-state index contributed by atoms with van der Waals surface area (Å²) in [5.41, 5.74) is 1.27. The van der Waals surface area contributed by atoms with E-state index < -0.39 is 11.9 Å². The van der Waals surface area contributed by atoms with Crippen molar-refractivity contribution in [2.75, 3.05) is 5.32 Å². The summed E-state index contributed by atoms with van der Waals surface area (Å²) in [7, 11) is 0. The second-order valence-corrected chi connectivity index (χ2v) is 3.91. The molecule has 2 nitrogen and oxygen atoms in total. The van der Waals surface area contributed by atoms with Gasteiger partial charge in [-0.25, -0.2) is 0 Å². The number of nitrogens with one attached hydrogen (secondary N) is 1. The first kappa shape index (κ1) is 10.3. The van der Waals surface area contributed by atoms with Gasteiger partial charge in [-0.1, -0.05) is 12.1 Å². The highest BCUT2D eigenvalue weighted by atomic mass is 19.4. The fourth-order valence-electron chi connectivity index (χ4n) is 2.13. The second kappa shape index (κ2) is 3.29. The summed E-state index contributed by atoms with van der Waals surface area (Å²) in [6.07, 6.45) is -4.33. The largest absolute Gasteiger partial charge is 0.431 e. The van der Waals surface area contributed by atoms with Crippen molar-refractivity contribution in [2.45, 2.75) is 12.7 Å². The monoisotopic (exact) mass is 238 g/mol. The molecular formula is C12H9F3N2. The molecule has 0 saturated heterocycles. The highest BCUT2D eigenvalue weighted by molar-refractivity contribution is 5.64. The van der Waals surface area contributed by atoms with Crippen LogP contribution in [0.3, 0.4) is 0 Å². The predicted molar refractivity (Wildman–Crippen MR) is 58.1 cm³/mol. The smallest absolute Gasteiger partial charge is 0.378 e. The number of fused-ring (bicyclic) bond motifs is 3. The molecule has 1 aromatic heterocycles. The van der Waals surface area contributed by atoms with E-state index in [1.54, 1.807) is 24.3 Å². The third-order valence-electron chi connectivity index (χ3n) is 2.86. The summed E-state index contributed by atoms with van der Waals surface area (Å²) in [4.78, 5) is 0. The highest BCUT2D eigenvalue weighted by Gasteiger charge is 2.36. The lowest BCUT2D eigenvalue weighted by molar-refractivity contribution is -0.142. The summed E-state index contributed by atoms with van der Waals surface area (Å²) < 4.78 is 39.9. The van der Waals surface area contributed by atoms with Crippen LogP contribution in [0.15, 0.2) is 36.4 Å². The van der Waals surface area contributed by atoms with E-state index in [1.807, 2.05) is 0 Å². The number of benzene rings is 1. The Bertz CT molecular complexity index is 569. The van der Waals surface area contributed by atoms with Crippen molar-refractivity contribution in [1.82, 2.24) is 4.57 Å². The minimum absolute atomic E-state index is 0.410. The van der Waals surface area contributed by atoms with Gasteiger partial charge in [0.05, 0.1) is 17.9 Å². The number of aromatic nitrogens is 1. The summed E-state index contributed by atoms with van der Waals surface area (Å²) in [5.74, 6) is 0. The molecule has 2 aromatic rings. The first-order chi connectivity index (χ1) is 8.07. The Labute approximate surface area is 95.7 Å². The normalized spacial score (nSPS) is 13.8. The Balaban J connectivity index is 2.27. The molecule has 17 heavy (non-hydrogen) atoms. The molecule has 1 aliphatic rings. The van der Waals surface area contributed by atoms with E-state index in [9.17, 15) is 13.2 Å². The van der Waals surface area contributed by atoms with Crippen molar-refractivity contribution in [1.29, 1.82) is 0 Å². The Morgan fingerprint density at radius 2 is 1.82 bits per heavy atom. The van der Waals surface area contributed by atoms with Crippen LogP contribution >= 0.6 is 0 Å². The molecule has 0 spiro atoms. The Morgan fingerprint density at radius 3 is 2.59 bits per heavy atom. The van der Waals surface area contributed by atoms with Crippen molar-refractivity contribution in [3.63, 3.8) is 0 Å². The van der Waals surface area contributed by atoms with Crippen LogP contribution in [0.1, 0.15) is 11.4 Å². The third kappa shape index (κ3) is 1.50. The van der Waals surface area contributed by atoms with Gasteiger partial charge < -0.3 is 9.88 Å². The molecule has 0 radical (unpaired) electrons. The predicted octanol–water partition coefficient (Wildman–Crippen LogP) is 3.42. The lowest BCUT2D eigenvalue weighted by Gasteiger charge is -2.23. The summed E-state index contributed by atoms with van der Waals surface area (Å²) in [6, 6.07) is 9.62. The molecule has 0 aliphatic carbocycles. The van der Waals surface area contributed by atoms with E-state index in [0.29, 0.717) is 17.9 Å². The van der Waals surface area contributed by atoms with Gasteiger partial charge in [-0.2, -0.15) is 13.2 Å². The number of rotatable bonds is 0. The van der Waals surface area contributed by atoms with Crippen LogP contribution in [-0.2, 0) is 12.7 Å². The van der Waals surface area contributed by atoms with Gasteiger partial charge in [0.1, 0.15) is 5.69 Å². The molecule has 88 valence electrons. The van der Waals surface area contributed by atoms with Crippen molar-refractivity contribution in [2.24, 2.45) is 0 Å². The van der Waals surface area contributed by atoms with Crippen LogP contribution < -0.4 is 5.32 Å². The number of nitrogens with zero attached hydrogens (tertiary/aromatic N) is 1. The fraction of sp³-hybridized carbons (Fsp3) is 0.167. The molecule has 0 bridgehead atoms. The number of para-hydroxylation sites is 2. The Kier molecular flexibility index (Phi) is 1.98. The third-order valence-corrected chi connectivity index (χ3v) is 2.86. The van der Waals surface area contributed by atoms with Crippen molar-refractivity contribution in [3.05, 3.63) is 47.8 Å². The van der Waals surface area contributed by atoms with E-state index in [0.717, 1.165) is 11.8 Å². The molecule has 1 aromatic carbocycles. The molecule has 1 N–H and O–H groups in total. The standard InChI is InChI=1S/C12H9F3N2/c13-12(14,15)11-6-5-8-7-16-9-3-1-2-4-10(9)17(8)11/h1-6,16H,7H2.